The van der Waals surface area contributed by atoms with E-state index in [-0.39, 0.29) is 0 Å². The minimum absolute atomic E-state index is 0.475. The van der Waals surface area contributed by atoms with Crippen LogP contribution in [0.1, 0.15) is 53.4 Å². The molecule has 0 radical (unpaired) electrons. The Morgan fingerprint density at radius 1 is 1.29 bits per heavy atom. The molecule has 1 aliphatic carbocycles. The number of hydrogen-bond donors (Lipinski definition) is 1. The van der Waals surface area contributed by atoms with Gasteiger partial charge in [-0.25, -0.2) is 0 Å². The fourth-order valence-electron chi connectivity index (χ4n) is 3.10. The molecule has 1 N–H and O–H groups in total. The van der Waals surface area contributed by atoms with Crippen molar-refractivity contribution >= 4 is 0 Å². The third kappa shape index (κ3) is 3.69. The van der Waals surface area contributed by atoms with E-state index < -0.39 is 0 Å². The topological polar surface area (TPSA) is 15.3 Å². The molecule has 17 heavy (non-hydrogen) atoms. The van der Waals surface area contributed by atoms with Gasteiger partial charge in [0, 0.05) is 25.2 Å². The number of nitrogens with zero attached hydrogens (tertiary/aromatic N) is 1. The summed E-state index contributed by atoms with van der Waals surface area (Å²) < 4.78 is 0. The predicted molar refractivity (Wildman–Crippen MR) is 74.2 cm³/mol. The van der Waals surface area contributed by atoms with Gasteiger partial charge in [-0.05, 0) is 43.6 Å². The van der Waals surface area contributed by atoms with E-state index in [9.17, 15) is 0 Å². The molecule has 0 aromatic heterocycles. The van der Waals surface area contributed by atoms with E-state index in [0.717, 1.165) is 12.0 Å². The number of hydrogen-bond acceptors (Lipinski definition) is 2. The Bertz CT molecular complexity index is 243. The molecule has 0 bridgehead atoms. The Balaban J connectivity index is 1.91. The van der Waals surface area contributed by atoms with Crippen molar-refractivity contribution < 1.29 is 0 Å². The zero-order chi connectivity index (χ0) is 12.5. The molecule has 0 amide bonds. The first-order valence-corrected chi connectivity index (χ1v) is 7.46. The van der Waals surface area contributed by atoms with Gasteiger partial charge in [-0.2, -0.15) is 0 Å². The van der Waals surface area contributed by atoms with Crippen LogP contribution < -0.4 is 5.32 Å². The summed E-state index contributed by atoms with van der Waals surface area (Å²) in [6, 6.07) is 1.59. The second-order valence-electron chi connectivity index (χ2n) is 7.18. The zero-order valence-electron chi connectivity index (χ0n) is 12.1. The van der Waals surface area contributed by atoms with Crippen LogP contribution in [0.4, 0.5) is 0 Å². The average Bonchev–Trinajstić information content (AvgIpc) is 3.02. The van der Waals surface area contributed by atoms with Crippen molar-refractivity contribution in [1.29, 1.82) is 0 Å². The van der Waals surface area contributed by atoms with Crippen LogP contribution in [0.5, 0.6) is 0 Å². The third-order valence-corrected chi connectivity index (χ3v) is 4.41. The van der Waals surface area contributed by atoms with Crippen LogP contribution >= 0.6 is 0 Å². The molecular formula is C15H30N2. The van der Waals surface area contributed by atoms with E-state index in [0.29, 0.717) is 11.5 Å². The molecule has 0 aromatic rings. The lowest BCUT2D eigenvalue weighted by molar-refractivity contribution is 0.115. The highest BCUT2D eigenvalue weighted by molar-refractivity contribution is 4.94. The minimum Gasteiger partial charge on any atom is -0.312 e. The fraction of sp³-hybridized carbons (Fsp3) is 1.00. The lowest BCUT2D eigenvalue weighted by Crippen LogP contribution is -2.53. The molecule has 1 unspecified atom stereocenters. The first-order chi connectivity index (χ1) is 7.99. The summed E-state index contributed by atoms with van der Waals surface area (Å²) in [5, 5.41) is 3.75. The summed E-state index contributed by atoms with van der Waals surface area (Å²) in [6.07, 6.45) is 5.59. The Labute approximate surface area is 107 Å². The highest BCUT2D eigenvalue weighted by atomic mass is 15.2. The Morgan fingerprint density at radius 3 is 2.53 bits per heavy atom. The second-order valence-corrected chi connectivity index (χ2v) is 7.18. The van der Waals surface area contributed by atoms with E-state index in [4.69, 9.17) is 0 Å². The standard InChI is InChI=1S/C15H30N2/c1-12(2)10-17(13-6-7-13)11-14-15(3,4)8-5-9-16-14/h12-14,16H,5-11H2,1-4H3. The van der Waals surface area contributed by atoms with Gasteiger partial charge in [0.1, 0.15) is 0 Å². The lowest BCUT2D eigenvalue weighted by atomic mass is 9.77. The molecule has 1 atom stereocenters. The van der Waals surface area contributed by atoms with E-state index in [1.165, 1.54) is 45.3 Å². The number of rotatable bonds is 5. The van der Waals surface area contributed by atoms with Gasteiger partial charge in [0.2, 0.25) is 0 Å². The van der Waals surface area contributed by atoms with E-state index >= 15 is 0 Å². The van der Waals surface area contributed by atoms with E-state index in [1.807, 2.05) is 0 Å². The Morgan fingerprint density at radius 2 is 2.00 bits per heavy atom. The van der Waals surface area contributed by atoms with Gasteiger partial charge in [0.15, 0.2) is 0 Å². The first-order valence-electron chi connectivity index (χ1n) is 7.46. The first kappa shape index (κ1) is 13.4. The van der Waals surface area contributed by atoms with Gasteiger partial charge in [-0.3, -0.25) is 4.90 Å². The van der Waals surface area contributed by atoms with Crippen LogP contribution in [0.15, 0.2) is 0 Å². The van der Waals surface area contributed by atoms with E-state index in [2.05, 4.69) is 37.9 Å². The smallest absolute Gasteiger partial charge is 0.0246 e. The largest absolute Gasteiger partial charge is 0.312 e. The maximum atomic E-state index is 3.75. The van der Waals surface area contributed by atoms with Crippen molar-refractivity contribution in [3.63, 3.8) is 0 Å². The van der Waals surface area contributed by atoms with Gasteiger partial charge in [-0.15, -0.1) is 0 Å². The Kier molecular flexibility index (Phi) is 4.14. The van der Waals surface area contributed by atoms with Crippen LogP contribution in [-0.2, 0) is 0 Å². The summed E-state index contributed by atoms with van der Waals surface area (Å²) in [7, 11) is 0. The van der Waals surface area contributed by atoms with Crippen molar-refractivity contribution in [3.8, 4) is 0 Å². The molecular weight excluding hydrogens is 208 g/mol. The summed E-state index contributed by atoms with van der Waals surface area (Å²) in [5.74, 6) is 0.794. The zero-order valence-corrected chi connectivity index (χ0v) is 12.1. The maximum Gasteiger partial charge on any atom is 0.0246 e. The minimum atomic E-state index is 0.475. The van der Waals surface area contributed by atoms with Crippen LogP contribution in [0.2, 0.25) is 0 Å². The quantitative estimate of drug-likeness (QED) is 0.792. The van der Waals surface area contributed by atoms with Crippen LogP contribution in [0.25, 0.3) is 0 Å². The highest BCUT2D eigenvalue weighted by Crippen LogP contribution is 2.33. The molecule has 0 spiro atoms. The molecule has 1 aliphatic heterocycles. The monoisotopic (exact) mass is 238 g/mol. The summed E-state index contributed by atoms with van der Waals surface area (Å²) in [5.41, 5.74) is 0.475. The normalized spacial score (nSPS) is 28.9. The van der Waals surface area contributed by atoms with Gasteiger partial charge < -0.3 is 5.32 Å². The second kappa shape index (κ2) is 5.27. The Hall–Kier alpha value is -0.0800. The van der Waals surface area contributed by atoms with Gasteiger partial charge in [0.25, 0.3) is 0 Å². The van der Waals surface area contributed by atoms with Gasteiger partial charge in [-0.1, -0.05) is 27.7 Å². The summed E-state index contributed by atoms with van der Waals surface area (Å²) in [4.78, 5) is 2.75. The fourth-order valence-corrected chi connectivity index (χ4v) is 3.10. The molecule has 1 heterocycles. The molecule has 1 saturated carbocycles. The molecule has 2 aliphatic rings. The van der Waals surface area contributed by atoms with Crippen molar-refractivity contribution in [2.75, 3.05) is 19.6 Å². The number of piperidine rings is 1. The molecule has 100 valence electrons. The van der Waals surface area contributed by atoms with Crippen molar-refractivity contribution in [2.45, 2.75) is 65.5 Å². The highest BCUT2D eigenvalue weighted by Gasteiger charge is 2.37. The predicted octanol–water partition coefficient (Wildman–Crippen LogP) is 2.89. The molecule has 2 heteroatoms. The van der Waals surface area contributed by atoms with E-state index in [1.54, 1.807) is 0 Å². The SMILES string of the molecule is CC(C)CN(CC1NCCCC1(C)C)C1CC1. The van der Waals surface area contributed by atoms with Gasteiger partial charge >= 0.3 is 0 Å². The number of nitrogens with one attached hydrogen (secondary N) is 1. The van der Waals surface area contributed by atoms with Crippen molar-refractivity contribution in [2.24, 2.45) is 11.3 Å². The van der Waals surface area contributed by atoms with Crippen LogP contribution in [-0.4, -0.2) is 36.6 Å². The third-order valence-electron chi connectivity index (χ3n) is 4.41. The van der Waals surface area contributed by atoms with Crippen LogP contribution in [0.3, 0.4) is 0 Å². The molecule has 2 nitrogen and oxygen atoms in total. The summed E-state index contributed by atoms with van der Waals surface area (Å²) >= 11 is 0. The molecule has 1 saturated heterocycles. The van der Waals surface area contributed by atoms with Crippen LogP contribution in [0, 0.1) is 11.3 Å². The molecule has 0 aromatic carbocycles. The molecule has 2 fully saturated rings. The summed E-state index contributed by atoms with van der Waals surface area (Å²) in [6.45, 7) is 13.3. The van der Waals surface area contributed by atoms with Crippen molar-refractivity contribution in [3.05, 3.63) is 0 Å². The maximum absolute atomic E-state index is 3.75. The average molecular weight is 238 g/mol. The molecule has 2 rings (SSSR count). The lowest BCUT2D eigenvalue weighted by Gasteiger charge is -2.42. The van der Waals surface area contributed by atoms with Gasteiger partial charge in [0.05, 0.1) is 0 Å². The van der Waals surface area contributed by atoms with Crippen molar-refractivity contribution in [1.82, 2.24) is 10.2 Å².